The van der Waals surface area contributed by atoms with Gasteiger partial charge in [-0.1, -0.05) is 78.7 Å². The van der Waals surface area contributed by atoms with E-state index < -0.39 is 0 Å². The van der Waals surface area contributed by atoms with E-state index >= 15 is 0 Å². The second-order valence-corrected chi connectivity index (χ2v) is 9.79. The van der Waals surface area contributed by atoms with E-state index in [1.54, 1.807) is 27.2 Å². The van der Waals surface area contributed by atoms with Crippen molar-refractivity contribution in [3.8, 4) is 6.57 Å². The largest absolute Gasteiger partial charge is 0.385 e. The second-order valence-electron chi connectivity index (χ2n) is 9.79. The molecule has 1 amide bonds. The lowest BCUT2D eigenvalue weighted by Gasteiger charge is -2.33. The first kappa shape index (κ1) is 49.0. The Balaban J connectivity index is -0.000000550. The molecule has 1 fully saturated rings. The summed E-state index contributed by atoms with van der Waals surface area (Å²) < 4.78 is 10.6. The first-order chi connectivity index (χ1) is 21.8. The molecule has 0 aromatic carbocycles. The zero-order valence-electron chi connectivity index (χ0n) is 31.1. The molecule has 2 N–H and O–H groups in total. The normalized spacial score (nSPS) is 12.8. The first-order valence-electron chi connectivity index (χ1n) is 17.1. The molecular formula is C37H72N5O3+. The highest BCUT2D eigenvalue weighted by Gasteiger charge is 2.23. The Hall–Kier alpha value is -2.89. The van der Waals surface area contributed by atoms with Gasteiger partial charge in [0, 0.05) is 72.2 Å². The van der Waals surface area contributed by atoms with Crippen molar-refractivity contribution in [3.63, 3.8) is 0 Å². The van der Waals surface area contributed by atoms with Crippen molar-refractivity contribution in [2.24, 2.45) is 10.7 Å². The van der Waals surface area contributed by atoms with E-state index in [0.717, 1.165) is 95.6 Å². The molecule has 0 radical (unpaired) electrons. The molecule has 1 aliphatic heterocycles. The minimum atomic E-state index is 0.161. The van der Waals surface area contributed by atoms with Gasteiger partial charge in [0.25, 0.3) is 0 Å². The van der Waals surface area contributed by atoms with Crippen molar-refractivity contribution in [2.75, 3.05) is 47.1 Å². The van der Waals surface area contributed by atoms with Crippen molar-refractivity contribution in [1.29, 1.82) is 0 Å². The Bertz CT molecular complexity index is 820. The summed E-state index contributed by atoms with van der Waals surface area (Å²) in [6, 6.07) is 0.320. The fourth-order valence-corrected chi connectivity index (χ4v) is 4.17. The van der Waals surface area contributed by atoms with E-state index in [1.165, 1.54) is 6.42 Å². The van der Waals surface area contributed by atoms with E-state index in [0.29, 0.717) is 12.6 Å². The maximum atomic E-state index is 12.1. The topological polar surface area (TPSA) is 84.8 Å². The number of amides is 1. The molecule has 1 aliphatic rings. The lowest BCUT2D eigenvalue weighted by molar-refractivity contribution is -0.133. The number of hydrogen-bond acceptors (Lipinski definition) is 5. The van der Waals surface area contributed by atoms with Crippen molar-refractivity contribution < 1.29 is 14.3 Å². The van der Waals surface area contributed by atoms with Gasteiger partial charge in [0.15, 0.2) is 0 Å². The summed E-state index contributed by atoms with van der Waals surface area (Å²) in [5.74, 6) is 1.33. The van der Waals surface area contributed by atoms with E-state index in [9.17, 15) is 4.79 Å². The average molecular weight is 635 g/mol. The monoisotopic (exact) mass is 635 g/mol. The molecule has 0 saturated carbocycles. The summed E-state index contributed by atoms with van der Waals surface area (Å²) >= 11 is 0. The zero-order chi connectivity index (χ0) is 35.3. The van der Waals surface area contributed by atoms with E-state index in [-0.39, 0.29) is 11.7 Å². The number of ether oxygens (including phenoxy) is 2. The molecule has 1 saturated heterocycles. The molecule has 0 atom stereocenters. The molecule has 0 aromatic rings. The predicted octanol–water partition coefficient (Wildman–Crippen LogP) is 9.22. The smallest absolute Gasteiger partial charge is 0.378 e. The van der Waals surface area contributed by atoms with Gasteiger partial charge in [0.05, 0.1) is 6.08 Å². The highest BCUT2D eigenvalue weighted by atomic mass is 16.5. The maximum Gasteiger partial charge on any atom is 0.378 e. The molecule has 8 heteroatoms. The lowest BCUT2D eigenvalue weighted by atomic mass is 10.1. The summed E-state index contributed by atoms with van der Waals surface area (Å²) in [6.07, 6.45) is 17.6. The van der Waals surface area contributed by atoms with Crippen molar-refractivity contribution >= 4 is 11.7 Å². The van der Waals surface area contributed by atoms with Crippen LogP contribution in [0.3, 0.4) is 0 Å². The van der Waals surface area contributed by atoms with Gasteiger partial charge in [-0.2, -0.15) is 4.85 Å². The molecule has 8 nitrogen and oxygen atoms in total. The van der Waals surface area contributed by atoms with Crippen LogP contribution < -0.4 is 5.73 Å². The Morgan fingerprint density at radius 3 is 2.02 bits per heavy atom. The van der Waals surface area contributed by atoms with Crippen LogP contribution in [0.2, 0.25) is 0 Å². The molecule has 0 aromatic heterocycles. The van der Waals surface area contributed by atoms with Crippen molar-refractivity contribution in [2.45, 2.75) is 126 Å². The summed E-state index contributed by atoms with van der Waals surface area (Å²) in [7, 11) is 3.48. The number of aliphatic imine (C=N–C) groups is 1. The van der Waals surface area contributed by atoms with Gasteiger partial charge in [-0.15, -0.1) is 6.58 Å². The maximum absolute atomic E-state index is 12.1. The number of carbonyl (C=O) groups is 1. The molecule has 0 bridgehead atoms. The van der Waals surface area contributed by atoms with Crippen LogP contribution in [0.25, 0.3) is 4.85 Å². The molecule has 0 aliphatic carbocycles. The molecule has 1 rings (SSSR count). The zero-order valence-corrected chi connectivity index (χ0v) is 31.1. The number of amidine groups is 1. The minimum absolute atomic E-state index is 0.161. The van der Waals surface area contributed by atoms with Crippen LogP contribution in [0.1, 0.15) is 120 Å². The number of hydrogen-bond donors (Lipinski definition) is 1. The standard InChI is InChI=1S/C24H42N5O3.C5H10.C4H8.2C2H6/c1-20(19-23(25)26-3)28(24(27-4)11-10-16-31-5)14-8-6-7-9-15-29(21(2)30)22-12-17-32-18-13-22;1-3-5-4-2;1-3-4-2;2*1-2/h3,19,22H,1,6-18,25H2,2,4-5H3;3H,1,4-5H2,2H3;3-4H,1-2H3;2*1-2H3/q+1;;;;/b23-19-,27-24?;;4-3-;;. The number of unbranched alkanes of at least 4 members (excludes halogenated alkanes) is 4. The third-order valence-electron chi connectivity index (χ3n) is 6.52. The highest BCUT2D eigenvalue weighted by Crippen LogP contribution is 2.17. The third-order valence-corrected chi connectivity index (χ3v) is 6.52. The quantitative estimate of drug-likeness (QED) is 0.0602. The van der Waals surface area contributed by atoms with Crippen LogP contribution in [-0.2, 0) is 14.3 Å². The van der Waals surface area contributed by atoms with E-state index in [4.69, 9.17) is 21.8 Å². The lowest BCUT2D eigenvalue weighted by Crippen LogP contribution is -2.42. The fourth-order valence-electron chi connectivity index (χ4n) is 4.17. The summed E-state index contributed by atoms with van der Waals surface area (Å²) in [4.78, 5) is 24.2. The summed E-state index contributed by atoms with van der Waals surface area (Å²) in [5.41, 5.74) is 6.48. The minimum Gasteiger partial charge on any atom is -0.385 e. The molecule has 0 spiro atoms. The average Bonchev–Trinajstić information content (AvgIpc) is 3.07. The van der Waals surface area contributed by atoms with Crippen molar-refractivity contribution in [1.82, 2.24) is 9.80 Å². The van der Waals surface area contributed by atoms with E-state index in [1.807, 2.05) is 64.7 Å². The number of carbonyl (C=O) groups excluding carboxylic acids is 1. The Labute approximate surface area is 279 Å². The van der Waals surface area contributed by atoms with Gasteiger partial charge in [-0.05, 0) is 52.4 Å². The van der Waals surface area contributed by atoms with Crippen LogP contribution in [0.5, 0.6) is 0 Å². The van der Waals surface area contributed by atoms with Gasteiger partial charge in [0.1, 0.15) is 12.4 Å². The van der Waals surface area contributed by atoms with Gasteiger partial charge < -0.3 is 19.3 Å². The van der Waals surface area contributed by atoms with Crippen LogP contribution >= 0.6 is 0 Å². The van der Waals surface area contributed by atoms with Crippen LogP contribution in [0.15, 0.2) is 54.0 Å². The summed E-state index contributed by atoms with van der Waals surface area (Å²) in [6.45, 7) is 32.5. The highest BCUT2D eigenvalue weighted by molar-refractivity contribution is 5.84. The van der Waals surface area contributed by atoms with Gasteiger partial charge >= 0.3 is 5.82 Å². The SMILES string of the molecule is C#[N+]/C(N)=C\C(=C)N(CCCCCCN(C(C)=O)C1CCOCC1)C(CCCOC)=NC.C/C=C\C.C=CCCC.CC.CC. The number of allylic oxidation sites excluding steroid dienone is 4. The molecule has 45 heavy (non-hydrogen) atoms. The molecule has 262 valence electrons. The predicted molar refractivity (Wildman–Crippen MR) is 199 cm³/mol. The second kappa shape index (κ2) is 39.1. The summed E-state index contributed by atoms with van der Waals surface area (Å²) in [5, 5.41) is 0. The van der Waals surface area contributed by atoms with E-state index in [2.05, 4.69) is 34.8 Å². The molecule has 1 heterocycles. The Morgan fingerprint density at radius 2 is 1.62 bits per heavy atom. The van der Waals surface area contributed by atoms with Crippen LogP contribution in [0, 0.1) is 6.57 Å². The van der Waals surface area contributed by atoms with Gasteiger partial charge in [-0.25, -0.2) is 0 Å². The first-order valence-corrected chi connectivity index (χ1v) is 17.1. The van der Waals surface area contributed by atoms with Crippen LogP contribution in [-0.4, -0.2) is 74.7 Å². The number of rotatable bonds is 16. The fraction of sp³-hybridized carbons (Fsp3) is 0.703. The van der Waals surface area contributed by atoms with Crippen molar-refractivity contribution in [3.05, 3.63) is 53.8 Å². The number of methoxy groups -OCH3 is 1. The van der Waals surface area contributed by atoms with Gasteiger partial charge in [0.2, 0.25) is 5.91 Å². The number of nitrogens with zero attached hydrogens (tertiary/aromatic N) is 4. The third kappa shape index (κ3) is 29.6. The van der Waals surface area contributed by atoms with Crippen LogP contribution in [0.4, 0.5) is 0 Å². The Kier molecular flexibility index (Phi) is 42.6. The molecular weight excluding hydrogens is 562 g/mol. The van der Waals surface area contributed by atoms with Gasteiger partial charge in [-0.3, -0.25) is 15.5 Å². The number of nitrogens with two attached hydrogens (primary N) is 1. The Morgan fingerprint density at radius 1 is 1.07 bits per heavy atom. The molecule has 0 unspecified atom stereocenters.